The topological polar surface area (TPSA) is 251 Å². The molecule has 0 radical (unpaired) electrons. The number of benzene rings is 3. The number of fused-ring (bicyclic) bond motifs is 3. The number of carbonyl (C=O) groups excluding carboxylic acids is 7. The van der Waals surface area contributed by atoms with Gasteiger partial charge in [-0.3, -0.25) is 33.6 Å². The number of nitrogens with zero attached hydrogens (tertiary/aromatic N) is 2. The molecule has 1 saturated heterocycles. The third-order valence-electron chi connectivity index (χ3n) is 16.3. The van der Waals surface area contributed by atoms with Crippen molar-refractivity contribution in [2.75, 3.05) is 39.6 Å². The van der Waals surface area contributed by atoms with Crippen LogP contribution in [0.1, 0.15) is 138 Å². The second-order valence-corrected chi connectivity index (χ2v) is 24.9. The zero-order chi connectivity index (χ0) is 56.6. The molecule has 3 aromatic carbocycles. The summed E-state index contributed by atoms with van der Waals surface area (Å²) in [5.74, 6) is -3.33. The quantitative estimate of drug-likeness (QED) is 0.0792. The fourth-order valence-corrected chi connectivity index (χ4v) is 12.2. The molecule has 18 nitrogen and oxygen atoms in total. The number of likely N-dealkylation sites (N-methyl/N-ethyl adjacent to an activating group) is 2. The average Bonchev–Trinajstić information content (AvgIpc) is 3.96. The van der Waals surface area contributed by atoms with Crippen LogP contribution < -0.4 is 37.2 Å². The Morgan fingerprint density at radius 1 is 0.654 bits per heavy atom. The molecule has 0 unspecified atom stereocenters. The molecule has 4 aliphatic rings. The number of aryl methyl sites for hydroxylation is 2. The van der Waals surface area contributed by atoms with E-state index < -0.39 is 83.4 Å². The molecule has 2 aliphatic carbocycles. The van der Waals surface area contributed by atoms with Gasteiger partial charge < -0.3 is 57.2 Å². The highest BCUT2D eigenvalue weighted by molar-refractivity contribution is 8.01. The SMILES string of the molecule is CN[C@@H](C)C(=O)N[C@H](C(=O)N1C[C@@H](c2ccc3c(c2)CN(C(=O)[C@@H](NC(=O)[C@H](C)NC)C(C)(C)SCC(=O)NC(CO)CO)[C@H](C(=O)N[C@@H]2CCCc4ccccc42)C3)C[C@H]1C(=O)N[C@@H]1CCCc2ccccc21)C(C)(C)C. The van der Waals surface area contributed by atoms with Gasteiger partial charge in [0, 0.05) is 30.2 Å². The summed E-state index contributed by atoms with van der Waals surface area (Å²) in [5, 5.41) is 40.3. The van der Waals surface area contributed by atoms with Gasteiger partial charge >= 0.3 is 0 Å². The van der Waals surface area contributed by atoms with Crippen LogP contribution in [0.4, 0.5) is 0 Å². The van der Waals surface area contributed by atoms with Gasteiger partial charge in [-0.15, -0.1) is 11.8 Å². The second kappa shape index (κ2) is 25.9. The number of hydrogen-bond donors (Lipinski definition) is 9. The van der Waals surface area contributed by atoms with Gasteiger partial charge in [-0.05, 0) is 131 Å². The lowest BCUT2D eigenvalue weighted by Crippen LogP contribution is -2.63. The van der Waals surface area contributed by atoms with Crippen molar-refractivity contribution in [2.45, 2.75) is 171 Å². The summed E-state index contributed by atoms with van der Waals surface area (Å²) in [5.41, 5.74) is 6.15. The van der Waals surface area contributed by atoms with E-state index in [4.69, 9.17) is 0 Å². The van der Waals surface area contributed by atoms with E-state index >= 15 is 9.59 Å². The van der Waals surface area contributed by atoms with Gasteiger partial charge in [0.1, 0.15) is 24.2 Å². The zero-order valence-electron chi connectivity index (χ0n) is 46.9. The Kier molecular flexibility index (Phi) is 19.9. The van der Waals surface area contributed by atoms with E-state index in [0.717, 1.165) is 83.7 Å². The largest absolute Gasteiger partial charge is 0.394 e. The Bertz CT molecular complexity index is 2670. The molecule has 78 heavy (non-hydrogen) atoms. The zero-order valence-corrected chi connectivity index (χ0v) is 47.7. The summed E-state index contributed by atoms with van der Waals surface area (Å²) < 4.78 is -1.15. The molecule has 9 N–H and O–H groups in total. The Morgan fingerprint density at radius 3 is 1.72 bits per heavy atom. The lowest BCUT2D eigenvalue weighted by atomic mass is 9.85. The van der Waals surface area contributed by atoms with Crippen molar-refractivity contribution in [1.82, 2.24) is 47.0 Å². The fraction of sp³-hybridized carbons (Fsp3) is 0.576. The fourth-order valence-electron chi connectivity index (χ4n) is 11.3. The third-order valence-corrected chi connectivity index (χ3v) is 17.7. The molecule has 0 spiro atoms. The van der Waals surface area contributed by atoms with Gasteiger partial charge in [0.15, 0.2) is 0 Å². The summed E-state index contributed by atoms with van der Waals surface area (Å²) in [4.78, 5) is 104. The lowest BCUT2D eigenvalue weighted by molar-refractivity contribution is -0.145. The molecule has 0 saturated carbocycles. The number of likely N-dealkylation sites (tertiary alicyclic amines) is 1. The molecule has 7 amide bonds. The van der Waals surface area contributed by atoms with E-state index in [2.05, 4.69) is 49.4 Å². The summed E-state index contributed by atoms with van der Waals surface area (Å²) in [6.07, 6.45) is 5.48. The van der Waals surface area contributed by atoms with Crippen molar-refractivity contribution in [3.05, 3.63) is 106 Å². The van der Waals surface area contributed by atoms with E-state index in [1.807, 2.05) is 75.4 Å². The van der Waals surface area contributed by atoms with Gasteiger partial charge in [-0.25, -0.2) is 0 Å². The number of aliphatic hydroxyl groups is 2. The Balaban J connectivity index is 1.24. The molecule has 0 aromatic heterocycles. The summed E-state index contributed by atoms with van der Waals surface area (Å²) in [7, 11) is 3.30. The smallest absolute Gasteiger partial charge is 0.247 e. The summed E-state index contributed by atoms with van der Waals surface area (Å²) in [6, 6.07) is 15.3. The van der Waals surface area contributed by atoms with Crippen LogP contribution in [0.15, 0.2) is 66.7 Å². The number of rotatable bonds is 20. The second-order valence-electron chi connectivity index (χ2n) is 23.2. The lowest BCUT2D eigenvalue weighted by Gasteiger charge is -2.42. The molecular formula is C59H83N9O9S. The van der Waals surface area contributed by atoms with Crippen LogP contribution >= 0.6 is 11.8 Å². The molecule has 3 aromatic rings. The number of hydrogen-bond acceptors (Lipinski definition) is 12. The number of carbonyl (C=O) groups is 7. The highest BCUT2D eigenvalue weighted by atomic mass is 32.2. The molecular weight excluding hydrogens is 1010 g/mol. The van der Waals surface area contributed by atoms with Crippen molar-refractivity contribution in [1.29, 1.82) is 0 Å². The molecule has 2 aliphatic heterocycles. The Hall–Kier alpha value is -5.86. The van der Waals surface area contributed by atoms with Crippen LogP contribution in [0.25, 0.3) is 0 Å². The molecule has 9 atom stereocenters. The van der Waals surface area contributed by atoms with Gasteiger partial charge in [0.05, 0.1) is 49.2 Å². The van der Waals surface area contributed by atoms with Crippen LogP contribution in [0.2, 0.25) is 0 Å². The maximum atomic E-state index is 15.6. The molecule has 1 fully saturated rings. The number of thioether (sulfide) groups is 1. The highest BCUT2D eigenvalue weighted by Gasteiger charge is 2.48. The Labute approximate surface area is 464 Å². The first-order valence-electron chi connectivity index (χ1n) is 27.7. The van der Waals surface area contributed by atoms with E-state index in [1.165, 1.54) is 10.5 Å². The predicted octanol–water partition coefficient (Wildman–Crippen LogP) is 3.22. The van der Waals surface area contributed by atoms with Crippen molar-refractivity contribution in [3.63, 3.8) is 0 Å². The minimum atomic E-state index is -1.25. The minimum Gasteiger partial charge on any atom is -0.394 e. The maximum Gasteiger partial charge on any atom is 0.247 e. The molecule has 2 heterocycles. The number of amides is 7. The van der Waals surface area contributed by atoms with E-state index in [0.29, 0.717) is 0 Å². The first-order valence-corrected chi connectivity index (χ1v) is 28.7. The van der Waals surface area contributed by atoms with Crippen LogP contribution in [-0.4, -0.2) is 148 Å². The molecule has 7 rings (SSSR count). The number of nitrogens with one attached hydrogen (secondary N) is 7. The Morgan fingerprint density at radius 2 is 1.18 bits per heavy atom. The third kappa shape index (κ3) is 13.9. The number of aliphatic hydroxyl groups excluding tert-OH is 2. The van der Waals surface area contributed by atoms with E-state index in [-0.39, 0.29) is 73.3 Å². The van der Waals surface area contributed by atoms with Gasteiger partial charge in [-0.1, -0.05) is 87.5 Å². The monoisotopic (exact) mass is 1090 g/mol. The van der Waals surface area contributed by atoms with Crippen molar-refractivity contribution in [3.8, 4) is 0 Å². The van der Waals surface area contributed by atoms with Crippen molar-refractivity contribution in [2.24, 2.45) is 5.41 Å². The van der Waals surface area contributed by atoms with Gasteiger partial charge in [0.25, 0.3) is 0 Å². The average molecular weight is 1090 g/mol. The van der Waals surface area contributed by atoms with Crippen LogP contribution in [-0.2, 0) is 59.4 Å². The van der Waals surface area contributed by atoms with Crippen LogP contribution in [0.5, 0.6) is 0 Å². The van der Waals surface area contributed by atoms with Gasteiger partial charge in [-0.2, -0.15) is 0 Å². The van der Waals surface area contributed by atoms with Crippen molar-refractivity contribution >= 4 is 53.1 Å². The van der Waals surface area contributed by atoms with E-state index in [1.54, 1.807) is 46.7 Å². The minimum absolute atomic E-state index is 0.0205. The van der Waals surface area contributed by atoms with Crippen molar-refractivity contribution < 1.29 is 43.8 Å². The summed E-state index contributed by atoms with van der Waals surface area (Å²) >= 11 is 1.12. The normalized spacial score (nSPS) is 21.7. The highest BCUT2D eigenvalue weighted by Crippen LogP contribution is 2.39. The first-order chi connectivity index (χ1) is 37.1. The predicted molar refractivity (Wildman–Crippen MR) is 301 cm³/mol. The van der Waals surface area contributed by atoms with Crippen LogP contribution in [0.3, 0.4) is 0 Å². The molecule has 0 bridgehead atoms. The van der Waals surface area contributed by atoms with Crippen LogP contribution in [0, 0.1) is 5.41 Å². The van der Waals surface area contributed by atoms with E-state index in [9.17, 15) is 34.2 Å². The maximum absolute atomic E-state index is 15.6. The first kappa shape index (κ1) is 59.8. The summed E-state index contributed by atoms with van der Waals surface area (Å²) in [6.45, 7) is 11.8. The molecule has 424 valence electrons. The standard InChI is InChI=1S/C59H83N9O9S/c1-34(60-8)52(72)65-50(58(3,4)5)56(76)67-30-41(28-48(67)55(75)64-46-23-15-19-37-17-11-13-21-44(37)46)38-24-25-39-27-47(54(74)63-45-22-14-18-36-16-10-12-20-43(36)45)68(29-40(39)26-38)57(77)51(66-53(73)35(2)61-9)59(6,7)78-33-49(71)62-42(31-69)32-70/h10-13,16-17,20-21,24-26,34-35,41-42,45-48,50-51,60-61,69-70H,14-15,18-19,22-23,27-33H2,1-9H3,(H,62,71)(H,63,74)(H,64,75)(H,65,72)(H,66,73)/t34-,35-,41-,45+,46+,47-,48-,50+,51+/m0/s1. The van der Waals surface area contributed by atoms with Gasteiger partial charge in [0.2, 0.25) is 41.4 Å². The molecule has 19 heteroatoms.